The van der Waals surface area contributed by atoms with Crippen LogP contribution in [0.15, 0.2) is 54.6 Å². The molecule has 0 spiro atoms. The summed E-state index contributed by atoms with van der Waals surface area (Å²) in [5, 5.41) is 7.77. The second-order valence-corrected chi connectivity index (χ2v) is 3.71. The zero-order chi connectivity index (χ0) is 12.1. The summed E-state index contributed by atoms with van der Waals surface area (Å²) in [6.07, 6.45) is 0. The van der Waals surface area contributed by atoms with Crippen LogP contribution in [0, 0.1) is 5.41 Å². The van der Waals surface area contributed by atoms with E-state index in [4.69, 9.17) is 10.1 Å². The van der Waals surface area contributed by atoms with Crippen LogP contribution in [0.25, 0.3) is 11.1 Å². The molecule has 2 aromatic carbocycles. The van der Waals surface area contributed by atoms with Gasteiger partial charge in [-0.2, -0.15) is 0 Å². The van der Waals surface area contributed by atoms with Gasteiger partial charge in [-0.1, -0.05) is 42.5 Å². The van der Waals surface area contributed by atoms with E-state index >= 15 is 0 Å². The van der Waals surface area contributed by atoms with Crippen molar-refractivity contribution >= 4 is 5.90 Å². The maximum atomic E-state index is 7.77. The molecular weight excluding hydrogens is 210 g/mol. The number of hydrogen-bond acceptors (Lipinski definition) is 2. The topological polar surface area (TPSA) is 33.1 Å². The number of hydrogen-bond donors (Lipinski definition) is 1. The molecule has 86 valence electrons. The quantitative estimate of drug-likeness (QED) is 0.626. The summed E-state index contributed by atoms with van der Waals surface area (Å²) in [6.45, 7) is 2.41. The van der Waals surface area contributed by atoms with Gasteiger partial charge >= 0.3 is 0 Å². The maximum absolute atomic E-state index is 7.77. The van der Waals surface area contributed by atoms with Crippen LogP contribution in [0.5, 0.6) is 0 Å². The minimum atomic E-state index is 0.227. The third-order valence-corrected chi connectivity index (χ3v) is 2.52. The van der Waals surface area contributed by atoms with Crippen molar-refractivity contribution in [3.63, 3.8) is 0 Å². The van der Waals surface area contributed by atoms with Crippen molar-refractivity contribution in [2.75, 3.05) is 6.61 Å². The van der Waals surface area contributed by atoms with Crippen LogP contribution in [-0.2, 0) is 4.74 Å². The highest BCUT2D eigenvalue weighted by atomic mass is 16.5. The molecule has 0 aliphatic rings. The summed E-state index contributed by atoms with van der Waals surface area (Å²) < 4.78 is 5.20. The molecule has 17 heavy (non-hydrogen) atoms. The highest BCUT2D eigenvalue weighted by Gasteiger charge is 2.03. The van der Waals surface area contributed by atoms with Crippen LogP contribution < -0.4 is 0 Å². The van der Waals surface area contributed by atoms with Gasteiger partial charge in [0.05, 0.1) is 6.61 Å². The fourth-order valence-electron chi connectivity index (χ4n) is 1.70. The van der Waals surface area contributed by atoms with E-state index in [1.807, 2.05) is 49.4 Å². The molecule has 0 aliphatic carbocycles. The van der Waals surface area contributed by atoms with Crippen LogP contribution in [0.1, 0.15) is 12.5 Å². The van der Waals surface area contributed by atoms with Gasteiger partial charge in [-0.25, -0.2) is 0 Å². The predicted octanol–water partition coefficient (Wildman–Crippen LogP) is 3.72. The first kappa shape index (κ1) is 11.4. The van der Waals surface area contributed by atoms with E-state index in [1.165, 1.54) is 0 Å². The van der Waals surface area contributed by atoms with Gasteiger partial charge in [0.1, 0.15) is 0 Å². The van der Waals surface area contributed by atoms with Gasteiger partial charge in [0, 0.05) is 5.56 Å². The van der Waals surface area contributed by atoms with Crippen molar-refractivity contribution in [1.29, 1.82) is 5.41 Å². The minimum absolute atomic E-state index is 0.227. The lowest BCUT2D eigenvalue weighted by Gasteiger charge is -2.07. The standard InChI is InChI=1S/C15H15NO/c1-2-17-15(16)14-10-6-9-13(11-14)12-7-4-3-5-8-12/h3-11,16H,2H2,1H3. The molecule has 0 atom stereocenters. The molecule has 2 aromatic rings. The summed E-state index contributed by atoms with van der Waals surface area (Å²) in [5.74, 6) is 0.227. The van der Waals surface area contributed by atoms with Gasteiger partial charge in [0.15, 0.2) is 0 Å². The summed E-state index contributed by atoms with van der Waals surface area (Å²) in [6, 6.07) is 18.0. The third-order valence-electron chi connectivity index (χ3n) is 2.52. The van der Waals surface area contributed by atoms with Gasteiger partial charge in [-0.3, -0.25) is 5.41 Å². The van der Waals surface area contributed by atoms with Gasteiger partial charge < -0.3 is 4.74 Å². The molecule has 0 aromatic heterocycles. The number of ether oxygens (including phenoxy) is 1. The molecule has 2 rings (SSSR count). The Kier molecular flexibility index (Phi) is 3.55. The molecule has 0 saturated heterocycles. The lowest BCUT2D eigenvalue weighted by molar-refractivity contribution is 0.325. The zero-order valence-electron chi connectivity index (χ0n) is 9.81. The zero-order valence-corrected chi connectivity index (χ0v) is 9.81. The molecule has 0 fully saturated rings. The van der Waals surface area contributed by atoms with Crippen molar-refractivity contribution in [2.24, 2.45) is 0 Å². The average Bonchev–Trinajstić information content (AvgIpc) is 2.40. The SMILES string of the molecule is CCOC(=N)c1cccc(-c2ccccc2)c1. The van der Waals surface area contributed by atoms with Crippen LogP contribution >= 0.6 is 0 Å². The van der Waals surface area contributed by atoms with E-state index in [1.54, 1.807) is 0 Å². The maximum Gasteiger partial charge on any atom is 0.213 e. The number of nitrogens with one attached hydrogen (secondary N) is 1. The van der Waals surface area contributed by atoms with Crippen molar-refractivity contribution < 1.29 is 4.74 Å². The van der Waals surface area contributed by atoms with E-state index in [0.717, 1.165) is 16.7 Å². The van der Waals surface area contributed by atoms with Crippen molar-refractivity contribution in [3.05, 3.63) is 60.2 Å². The van der Waals surface area contributed by atoms with Gasteiger partial charge in [0.25, 0.3) is 0 Å². The highest BCUT2D eigenvalue weighted by molar-refractivity contribution is 5.93. The fraction of sp³-hybridized carbons (Fsp3) is 0.133. The summed E-state index contributed by atoms with van der Waals surface area (Å²) in [5.41, 5.74) is 3.07. The molecule has 2 nitrogen and oxygen atoms in total. The van der Waals surface area contributed by atoms with Gasteiger partial charge in [-0.15, -0.1) is 0 Å². The Hall–Kier alpha value is -2.09. The molecular formula is C15H15NO. The van der Waals surface area contributed by atoms with E-state index < -0.39 is 0 Å². The molecule has 0 radical (unpaired) electrons. The Morgan fingerprint density at radius 2 is 1.71 bits per heavy atom. The molecule has 0 bridgehead atoms. The monoisotopic (exact) mass is 225 g/mol. The van der Waals surface area contributed by atoms with Crippen molar-refractivity contribution in [3.8, 4) is 11.1 Å². The molecule has 2 heteroatoms. The second kappa shape index (κ2) is 5.30. The molecule has 1 N–H and O–H groups in total. The van der Waals surface area contributed by atoms with E-state index in [0.29, 0.717) is 6.61 Å². The Morgan fingerprint density at radius 3 is 2.41 bits per heavy atom. The van der Waals surface area contributed by atoms with Gasteiger partial charge in [-0.05, 0) is 30.2 Å². The first-order valence-corrected chi connectivity index (χ1v) is 5.68. The minimum Gasteiger partial charge on any atom is -0.478 e. The smallest absolute Gasteiger partial charge is 0.213 e. The van der Waals surface area contributed by atoms with Crippen LogP contribution in [-0.4, -0.2) is 12.5 Å². The van der Waals surface area contributed by atoms with Crippen LogP contribution in [0.3, 0.4) is 0 Å². The average molecular weight is 225 g/mol. The second-order valence-electron chi connectivity index (χ2n) is 3.71. The summed E-state index contributed by atoms with van der Waals surface area (Å²) in [7, 11) is 0. The first-order chi connectivity index (χ1) is 8.31. The number of rotatable bonds is 3. The van der Waals surface area contributed by atoms with E-state index in [9.17, 15) is 0 Å². The Balaban J connectivity index is 2.32. The van der Waals surface area contributed by atoms with Crippen molar-refractivity contribution in [1.82, 2.24) is 0 Å². The van der Waals surface area contributed by atoms with E-state index in [-0.39, 0.29) is 5.90 Å². The third kappa shape index (κ3) is 2.72. The number of benzene rings is 2. The summed E-state index contributed by atoms with van der Waals surface area (Å²) in [4.78, 5) is 0. The molecule has 0 aliphatic heterocycles. The Morgan fingerprint density at radius 1 is 1.00 bits per heavy atom. The van der Waals surface area contributed by atoms with Crippen LogP contribution in [0.2, 0.25) is 0 Å². The van der Waals surface area contributed by atoms with Gasteiger partial charge in [0.2, 0.25) is 5.90 Å². The fourth-order valence-corrected chi connectivity index (χ4v) is 1.70. The molecule has 0 heterocycles. The normalized spacial score (nSPS) is 9.94. The predicted molar refractivity (Wildman–Crippen MR) is 70.3 cm³/mol. The Labute approximate surface area is 101 Å². The van der Waals surface area contributed by atoms with E-state index in [2.05, 4.69) is 12.1 Å². The molecule has 0 amide bonds. The van der Waals surface area contributed by atoms with Crippen LogP contribution in [0.4, 0.5) is 0 Å². The Bertz CT molecular complexity index is 505. The first-order valence-electron chi connectivity index (χ1n) is 5.68. The highest BCUT2D eigenvalue weighted by Crippen LogP contribution is 2.20. The summed E-state index contributed by atoms with van der Waals surface area (Å²) >= 11 is 0. The molecule has 0 saturated carbocycles. The molecule has 0 unspecified atom stereocenters. The van der Waals surface area contributed by atoms with Crippen molar-refractivity contribution in [2.45, 2.75) is 6.92 Å². The lowest BCUT2D eigenvalue weighted by Crippen LogP contribution is -2.04. The largest absolute Gasteiger partial charge is 0.478 e. The lowest BCUT2D eigenvalue weighted by atomic mass is 10.0.